The fourth-order valence-electron chi connectivity index (χ4n) is 3.82. The maximum absolute atomic E-state index is 14.1. The summed E-state index contributed by atoms with van der Waals surface area (Å²) in [7, 11) is 0. The molecule has 1 fully saturated rings. The van der Waals surface area contributed by atoms with Crippen LogP contribution in [-0.4, -0.2) is 50.4 Å². The van der Waals surface area contributed by atoms with Crippen LogP contribution in [0.4, 0.5) is 22.0 Å². The molecule has 0 atom stereocenters. The first-order chi connectivity index (χ1) is 15.3. The standard InChI is InChI=1S/C20H24F5N3O4S/c1-10(2)9-28-16(30)13-12(15(21)22)14(17(31)26-6-3-11(29)4-7-26)33-18(13)27(19(28)32)8-5-20(23,24)25/h10-11,15,29H,3-9H2,1-2H3. The molecule has 0 aliphatic carbocycles. The molecule has 1 amide bonds. The molecule has 7 nitrogen and oxygen atoms in total. The molecule has 0 saturated carbocycles. The van der Waals surface area contributed by atoms with Crippen LogP contribution in [-0.2, 0) is 13.1 Å². The van der Waals surface area contributed by atoms with Crippen molar-refractivity contribution in [3.05, 3.63) is 31.3 Å². The number of piperidine rings is 1. The lowest BCUT2D eigenvalue weighted by atomic mass is 10.1. The number of fused-ring (bicyclic) bond motifs is 1. The van der Waals surface area contributed by atoms with Crippen molar-refractivity contribution in [3.63, 3.8) is 0 Å². The number of thiophene rings is 1. The van der Waals surface area contributed by atoms with Crippen molar-refractivity contribution < 1.29 is 31.9 Å². The smallest absolute Gasteiger partial charge is 0.390 e. The van der Waals surface area contributed by atoms with Gasteiger partial charge in [0.15, 0.2) is 0 Å². The zero-order valence-corrected chi connectivity index (χ0v) is 18.8. The van der Waals surface area contributed by atoms with Gasteiger partial charge in [-0.3, -0.25) is 18.7 Å². The van der Waals surface area contributed by atoms with E-state index in [0.717, 1.165) is 0 Å². The van der Waals surface area contributed by atoms with Crippen molar-refractivity contribution in [2.45, 2.75) is 64.9 Å². The molecule has 1 N–H and O–H groups in total. The highest BCUT2D eigenvalue weighted by Crippen LogP contribution is 2.37. The van der Waals surface area contributed by atoms with Gasteiger partial charge in [-0.2, -0.15) is 13.2 Å². The summed E-state index contributed by atoms with van der Waals surface area (Å²) >= 11 is 0.436. The van der Waals surface area contributed by atoms with Gasteiger partial charge in [0.05, 0.1) is 23.5 Å². The minimum atomic E-state index is -4.62. The number of likely N-dealkylation sites (tertiary alicyclic amines) is 1. The molecule has 0 unspecified atom stereocenters. The Labute approximate surface area is 189 Å². The number of halogens is 5. The monoisotopic (exact) mass is 497 g/mol. The van der Waals surface area contributed by atoms with Crippen LogP contribution in [0.2, 0.25) is 0 Å². The summed E-state index contributed by atoms with van der Waals surface area (Å²) in [6.45, 7) is 2.50. The second kappa shape index (κ2) is 9.53. The van der Waals surface area contributed by atoms with Gasteiger partial charge in [-0.25, -0.2) is 13.6 Å². The summed E-state index contributed by atoms with van der Waals surface area (Å²) in [6, 6.07) is 0. The SMILES string of the molecule is CC(C)Cn1c(=O)c2c(C(F)F)c(C(=O)N3CCC(O)CC3)sc2n(CCC(F)(F)F)c1=O. The second-order valence-electron chi connectivity index (χ2n) is 8.46. The summed E-state index contributed by atoms with van der Waals surface area (Å²) in [5.41, 5.74) is -2.95. The highest BCUT2D eigenvalue weighted by atomic mass is 32.1. The molecule has 1 aliphatic rings. The van der Waals surface area contributed by atoms with E-state index < -0.39 is 64.7 Å². The van der Waals surface area contributed by atoms with Gasteiger partial charge in [0.2, 0.25) is 0 Å². The quantitative estimate of drug-likeness (QED) is 0.621. The van der Waals surface area contributed by atoms with Crippen molar-refractivity contribution in [1.82, 2.24) is 14.0 Å². The number of alkyl halides is 5. The van der Waals surface area contributed by atoms with Crippen molar-refractivity contribution in [3.8, 4) is 0 Å². The first kappa shape index (κ1) is 25.3. The van der Waals surface area contributed by atoms with E-state index in [0.29, 0.717) is 20.5 Å². The predicted octanol–water partition coefficient (Wildman–Crippen LogP) is 3.37. The summed E-state index contributed by atoms with van der Waals surface area (Å²) < 4.78 is 68.3. The molecule has 3 rings (SSSR count). The number of aliphatic hydroxyl groups excluding tert-OH is 1. The van der Waals surface area contributed by atoms with E-state index in [1.807, 2.05) is 0 Å². The Morgan fingerprint density at radius 1 is 1.15 bits per heavy atom. The van der Waals surface area contributed by atoms with Crippen molar-refractivity contribution >= 4 is 27.5 Å². The van der Waals surface area contributed by atoms with E-state index in [2.05, 4.69) is 0 Å². The Bertz CT molecular complexity index is 1140. The third-order valence-corrected chi connectivity index (χ3v) is 6.64. The number of aliphatic hydroxyl groups is 1. The molecule has 33 heavy (non-hydrogen) atoms. The Morgan fingerprint density at radius 3 is 2.27 bits per heavy atom. The summed E-state index contributed by atoms with van der Waals surface area (Å²) in [5.74, 6) is -1.07. The van der Waals surface area contributed by atoms with Crippen LogP contribution >= 0.6 is 11.3 Å². The number of hydrogen-bond donors (Lipinski definition) is 1. The second-order valence-corrected chi connectivity index (χ2v) is 9.46. The normalized spacial score (nSPS) is 15.9. The number of nitrogens with zero attached hydrogens (tertiary/aromatic N) is 3. The lowest BCUT2D eigenvalue weighted by Crippen LogP contribution is -2.41. The molecular formula is C20H24F5N3O4S. The summed E-state index contributed by atoms with van der Waals surface area (Å²) in [4.78, 5) is 39.4. The molecule has 0 spiro atoms. The number of amides is 1. The van der Waals surface area contributed by atoms with E-state index in [9.17, 15) is 41.4 Å². The molecule has 1 saturated heterocycles. The molecule has 0 bridgehead atoms. The number of hydrogen-bond acceptors (Lipinski definition) is 5. The lowest BCUT2D eigenvalue weighted by molar-refractivity contribution is -0.136. The molecular weight excluding hydrogens is 473 g/mol. The molecule has 2 aromatic rings. The van der Waals surface area contributed by atoms with Gasteiger partial charge in [0.25, 0.3) is 17.9 Å². The van der Waals surface area contributed by atoms with Crippen molar-refractivity contribution in [2.75, 3.05) is 13.1 Å². The Morgan fingerprint density at radius 2 is 1.76 bits per heavy atom. The van der Waals surface area contributed by atoms with Gasteiger partial charge in [-0.05, 0) is 18.8 Å². The topological polar surface area (TPSA) is 84.5 Å². The molecule has 2 aromatic heterocycles. The zero-order chi connectivity index (χ0) is 24.7. The Hall–Kier alpha value is -2.28. The molecule has 184 valence electrons. The fraction of sp³-hybridized carbons (Fsp3) is 0.650. The summed E-state index contributed by atoms with van der Waals surface area (Å²) in [6.07, 6.45) is -9.42. The van der Waals surface area contributed by atoms with E-state index in [1.165, 1.54) is 4.90 Å². The maximum Gasteiger partial charge on any atom is 0.390 e. The van der Waals surface area contributed by atoms with Crippen LogP contribution in [0.15, 0.2) is 9.59 Å². The largest absolute Gasteiger partial charge is 0.393 e. The molecule has 1 aliphatic heterocycles. The van der Waals surface area contributed by atoms with Crippen molar-refractivity contribution in [1.29, 1.82) is 0 Å². The average Bonchev–Trinajstić information content (AvgIpc) is 3.11. The third kappa shape index (κ3) is 5.29. The maximum atomic E-state index is 14.1. The Balaban J connectivity index is 2.26. The van der Waals surface area contributed by atoms with Crippen LogP contribution in [0.5, 0.6) is 0 Å². The highest BCUT2D eigenvalue weighted by Gasteiger charge is 2.34. The third-order valence-electron chi connectivity index (χ3n) is 5.42. The molecule has 0 aromatic carbocycles. The van der Waals surface area contributed by atoms with Gasteiger partial charge in [-0.15, -0.1) is 11.3 Å². The number of rotatable bonds is 6. The van der Waals surface area contributed by atoms with Gasteiger partial charge in [-0.1, -0.05) is 13.8 Å². The van der Waals surface area contributed by atoms with E-state index in [1.54, 1.807) is 13.8 Å². The number of aryl methyl sites for hydroxylation is 1. The number of carbonyl (C=O) groups excluding carboxylic acids is 1. The minimum absolute atomic E-state index is 0.107. The van der Waals surface area contributed by atoms with E-state index >= 15 is 0 Å². The van der Waals surface area contributed by atoms with Gasteiger partial charge >= 0.3 is 11.9 Å². The summed E-state index contributed by atoms with van der Waals surface area (Å²) in [5, 5.41) is 9.04. The lowest BCUT2D eigenvalue weighted by Gasteiger charge is -2.29. The molecule has 0 radical (unpaired) electrons. The van der Waals surface area contributed by atoms with Crippen LogP contribution < -0.4 is 11.2 Å². The first-order valence-electron chi connectivity index (χ1n) is 10.4. The molecule has 13 heteroatoms. The minimum Gasteiger partial charge on any atom is -0.393 e. The van der Waals surface area contributed by atoms with E-state index in [4.69, 9.17) is 0 Å². The van der Waals surface area contributed by atoms with Crippen LogP contribution in [0.1, 0.15) is 54.8 Å². The molecule has 3 heterocycles. The van der Waals surface area contributed by atoms with Gasteiger partial charge in [0, 0.05) is 26.2 Å². The number of aromatic nitrogens is 2. The van der Waals surface area contributed by atoms with Crippen LogP contribution in [0.25, 0.3) is 10.2 Å². The van der Waals surface area contributed by atoms with E-state index in [-0.39, 0.29) is 43.2 Å². The first-order valence-corrected chi connectivity index (χ1v) is 11.3. The van der Waals surface area contributed by atoms with Crippen LogP contribution in [0, 0.1) is 5.92 Å². The van der Waals surface area contributed by atoms with Gasteiger partial charge < -0.3 is 10.0 Å². The van der Waals surface area contributed by atoms with Crippen molar-refractivity contribution in [2.24, 2.45) is 5.92 Å². The predicted molar refractivity (Wildman–Crippen MR) is 112 cm³/mol. The number of carbonyl (C=O) groups is 1. The highest BCUT2D eigenvalue weighted by molar-refractivity contribution is 7.20. The fourth-order valence-corrected chi connectivity index (χ4v) is 5.11. The average molecular weight is 497 g/mol. The zero-order valence-electron chi connectivity index (χ0n) is 18.0. The Kier molecular flexibility index (Phi) is 7.32. The van der Waals surface area contributed by atoms with Crippen LogP contribution in [0.3, 0.4) is 0 Å². The van der Waals surface area contributed by atoms with Gasteiger partial charge in [0.1, 0.15) is 9.71 Å².